The van der Waals surface area contributed by atoms with E-state index < -0.39 is 0 Å². The molecule has 1 rings (SSSR count). The van der Waals surface area contributed by atoms with E-state index in [4.69, 9.17) is 22.7 Å². The van der Waals surface area contributed by atoms with Crippen LogP contribution in [0.25, 0.3) is 0 Å². The molecule has 0 aliphatic heterocycles. The molecule has 62 valence electrons. The quantitative estimate of drug-likeness (QED) is 0.413. The van der Waals surface area contributed by atoms with Crippen LogP contribution in [0.3, 0.4) is 0 Å². The number of hydrogen-bond acceptors (Lipinski definition) is 3. The maximum absolute atomic E-state index is 10.2. The molecular formula is C8H7ClN2O. The van der Waals surface area contributed by atoms with E-state index in [1.54, 1.807) is 12.1 Å². The summed E-state index contributed by atoms with van der Waals surface area (Å²) >= 11 is 5.65. The molecular weight excluding hydrogens is 176 g/mol. The highest BCUT2D eigenvalue weighted by Gasteiger charge is 2.04. The monoisotopic (exact) mass is 182 g/mol. The molecule has 3 N–H and O–H groups in total. The second kappa shape index (κ2) is 3.36. The van der Waals surface area contributed by atoms with E-state index in [9.17, 15) is 4.79 Å². The number of nitrogens with two attached hydrogens (primary N) is 1. The Labute approximate surface area is 74.7 Å². The third kappa shape index (κ3) is 1.62. The molecule has 0 unspecified atom stereocenters. The Hall–Kier alpha value is -1.35. The highest BCUT2D eigenvalue weighted by atomic mass is 35.5. The van der Waals surface area contributed by atoms with Crippen LogP contribution in [0.1, 0.15) is 5.56 Å². The lowest BCUT2D eigenvalue weighted by Crippen LogP contribution is -2.04. The molecule has 0 atom stereocenters. The zero-order valence-corrected chi connectivity index (χ0v) is 6.93. The van der Waals surface area contributed by atoms with Gasteiger partial charge in [0, 0.05) is 16.3 Å². The number of hydrogen-bond donors (Lipinski definition) is 2. The molecule has 0 radical (unpaired) electrons. The van der Waals surface area contributed by atoms with Crippen molar-refractivity contribution in [2.75, 3.05) is 5.73 Å². The van der Waals surface area contributed by atoms with Crippen molar-refractivity contribution >= 4 is 29.3 Å². The number of nitrogens with one attached hydrogen (secondary N) is 1. The summed E-state index contributed by atoms with van der Waals surface area (Å²) in [5.41, 5.74) is 6.11. The van der Waals surface area contributed by atoms with Gasteiger partial charge in [0.2, 0.25) is 0 Å². The highest BCUT2D eigenvalue weighted by Crippen LogP contribution is 2.17. The number of carbonyl (C=O) groups excluding carboxylic acids is 1. The fourth-order valence-electron chi connectivity index (χ4n) is 0.825. The van der Waals surface area contributed by atoms with Gasteiger partial charge in [-0.2, -0.15) is 0 Å². The summed E-state index contributed by atoms with van der Waals surface area (Å²) < 4.78 is 0. The van der Waals surface area contributed by atoms with E-state index in [2.05, 4.69) is 0 Å². The van der Waals surface area contributed by atoms with E-state index >= 15 is 0 Å². The standard InChI is InChI=1S/C8H7ClN2O/c9-5-1-2-7(10)6(3-5)8(11)4-12/h1-4,11H,10H2. The Kier molecular flexibility index (Phi) is 2.45. The molecule has 0 saturated heterocycles. The minimum absolute atomic E-state index is 0.157. The number of benzene rings is 1. The Morgan fingerprint density at radius 2 is 2.25 bits per heavy atom. The van der Waals surface area contributed by atoms with Gasteiger partial charge in [0.15, 0.2) is 6.29 Å². The van der Waals surface area contributed by atoms with Crippen LogP contribution in [0.4, 0.5) is 5.69 Å². The van der Waals surface area contributed by atoms with Gasteiger partial charge in [0.1, 0.15) is 5.71 Å². The van der Waals surface area contributed by atoms with Gasteiger partial charge < -0.3 is 5.73 Å². The fourth-order valence-corrected chi connectivity index (χ4v) is 0.997. The first-order valence-corrected chi connectivity index (χ1v) is 3.62. The lowest BCUT2D eigenvalue weighted by atomic mass is 10.1. The van der Waals surface area contributed by atoms with Crippen LogP contribution in [-0.4, -0.2) is 12.0 Å². The first-order chi connectivity index (χ1) is 5.65. The van der Waals surface area contributed by atoms with E-state index in [0.29, 0.717) is 22.6 Å². The third-order valence-electron chi connectivity index (χ3n) is 1.42. The van der Waals surface area contributed by atoms with Crippen molar-refractivity contribution in [2.45, 2.75) is 0 Å². The van der Waals surface area contributed by atoms with Gasteiger partial charge in [0.05, 0.1) is 0 Å². The molecule has 0 amide bonds. The van der Waals surface area contributed by atoms with Gasteiger partial charge in [0.25, 0.3) is 0 Å². The summed E-state index contributed by atoms with van der Waals surface area (Å²) in [6.07, 6.45) is 0.433. The van der Waals surface area contributed by atoms with E-state index in [1.165, 1.54) is 6.07 Å². The van der Waals surface area contributed by atoms with Gasteiger partial charge in [-0.1, -0.05) is 11.6 Å². The van der Waals surface area contributed by atoms with E-state index in [1.807, 2.05) is 0 Å². The Morgan fingerprint density at radius 3 is 2.83 bits per heavy atom. The number of halogens is 1. The number of aldehydes is 1. The summed E-state index contributed by atoms with van der Waals surface area (Å²) in [5.74, 6) is 0. The summed E-state index contributed by atoms with van der Waals surface area (Å²) in [7, 11) is 0. The van der Waals surface area contributed by atoms with Crippen LogP contribution < -0.4 is 5.73 Å². The lowest BCUT2D eigenvalue weighted by Gasteiger charge is -2.01. The van der Waals surface area contributed by atoms with Crippen molar-refractivity contribution in [3.8, 4) is 0 Å². The second-order valence-corrected chi connectivity index (χ2v) is 2.70. The SMILES string of the molecule is N=C(C=O)c1cc(Cl)ccc1N. The van der Waals surface area contributed by atoms with Crippen LogP contribution >= 0.6 is 11.6 Å². The molecule has 0 aliphatic rings. The van der Waals surface area contributed by atoms with E-state index in [0.717, 1.165) is 0 Å². The van der Waals surface area contributed by atoms with Gasteiger partial charge >= 0.3 is 0 Å². The van der Waals surface area contributed by atoms with Crippen LogP contribution in [0.2, 0.25) is 5.02 Å². The molecule has 1 aromatic carbocycles. The predicted octanol–water partition coefficient (Wildman–Crippen LogP) is 1.49. The molecule has 3 nitrogen and oxygen atoms in total. The molecule has 4 heteroatoms. The minimum Gasteiger partial charge on any atom is -0.398 e. The van der Waals surface area contributed by atoms with Crippen LogP contribution in [-0.2, 0) is 4.79 Å². The largest absolute Gasteiger partial charge is 0.398 e. The molecule has 0 spiro atoms. The first-order valence-electron chi connectivity index (χ1n) is 3.24. The maximum Gasteiger partial charge on any atom is 0.168 e. The second-order valence-electron chi connectivity index (χ2n) is 2.26. The molecule has 0 heterocycles. The van der Waals surface area contributed by atoms with Gasteiger partial charge in [-0.05, 0) is 18.2 Å². The number of rotatable bonds is 2. The molecule has 1 aromatic rings. The van der Waals surface area contributed by atoms with Gasteiger partial charge in [-0.25, -0.2) is 0 Å². The smallest absolute Gasteiger partial charge is 0.168 e. The fraction of sp³-hybridized carbons (Fsp3) is 0. The molecule has 0 bridgehead atoms. The molecule has 0 aliphatic carbocycles. The van der Waals surface area contributed by atoms with Crippen molar-refractivity contribution in [3.63, 3.8) is 0 Å². The highest BCUT2D eigenvalue weighted by molar-refractivity contribution is 6.37. The molecule has 0 fully saturated rings. The lowest BCUT2D eigenvalue weighted by molar-refractivity contribution is -0.102. The van der Waals surface area contributed by atoms with Crippen LogP contribution in [0.15, 0.2) is 18.2 Å². The number of carbonyl (C=O) groups is 1. The summed E-state index contributed by atoms with van der Waals surface area (Å²) in [6.45, 7) is 0. The topological polar surface area (TPSA) is 66.9 Å². The van der Waals surface area contributed by atoms with Gasteiger partial charge in [-0.15, -0.1) is 0 Å². The summed E-state index contributed by atoms with van der Waals surface area (Å²) in [6, 6.07) is 4.67. The average molecular weight is 183 g/mol. The van der Waals surface area contributed by atoms with Crippen LogP contribution in [0.5, 0.6) is 0 Å². The Balaban J connectivity index is 3.22. The minimum atomic E-state index is -0.157. The summed E-state index contributed by atoms with van der Waals surface area (Å²) in [4.78, 5) is 10.2. The molecule has 0 saturated carbocycles. The predicted molar refractivity (Wildman–Crippen MR) is 48.8 cm³/mol. The number of anilines is 1. The van der Waals surface area contributed by atoms with Crippen molar-refractivity contribution in [2.24, 2.45) is 0 Å². The Bertz CT molecular complexity index is 336. The zero-order chi connectivity index (χ0) is 9.14. The average Bonchev–Trinajstić information content (AvgIpc) is 2.08. The third-order valence-corrected chi connectivity index (χ3v) is 1.66. The first kappa shape index (κ1) is 8.74. The molecule has 0 aromatic heterocycles. The number of nitrogen functional groups attached to an aromatic ring is 1. The van der Waals surface area contributed by atoms with E-state index in [-0.39, 0.29) is 5.71 Å². The van der Waals surface area contributed by atoms with Crippen LogP contribution in [0, 0.1) is 5.41 Å². The van der Waals surface area contributed by atoms with Crippen molar-refractivity contribution in [3.05, 3.63) is 28.8 Å². The molecule has 12 heavy (non-hydrogen) atoms. The normalized spacial score (nSPS) is 9.42. The zero-order valence-electron chi connectivity index (χ0n) is 6.17. The van der Waals surface area contributed by atoms with Gasteiger partial charge in [-0.3, -0.25) is 10.2 Å². The maximum atomic E-state index is 10.2. The Morgan fingerprint density at radius 1 is 1.58 bits per heavy atom. The summed E-state index contributed by atoms with van der Waals surface area (Å²) in [5, 5.41) is 7.67. The van der Waals surface area contributed by atoms with Crippen molar-refractivity contribution < 1.29 is 4.79 Å². The van der Waals surface area contributed by atoms with Crippen molar-refractivity contribution in [1.29, 1.82) is 5.41 Å². The van der Waals surface area contributed by atoms with Crippen molar-refractivity contribution in [1.82, 2.24) is 0 Å².